The van der Waals surface area contributed by atoms with E-state index < -0.39 is 0 Å². The van der Waals surface area contributed by atoms with Crippen molar-refractivity contribution in [2.45, 2.75) is 84.2 Å². The molecule has 2 rings (SSSR count). The summed E-state index contributed by atoms with van der Waals surface area (Å²) in [6.45, 7) is 11.0. The molecule has 118 valence electrons. The van der Waals surface area contributed by atoms with Gasteiger partial charge in [-0.05, 0) is 57.4 Å². The molecule has 0 aromatic heterocycles. The van der Waals surface area contributed by atoms with Crippen molar-refractivity contribution < 1.29 is 0 Å². The van der Waals surface area contributed by atoms with Crippen molar-refractivity contribution in [2.24, 2.45) is 11.8 Å². The summed E-state index contributed by atoms with van der Waals surface area (Å²) in [6, 6.07) is 1.51. The van der Waals surface area contributed by atoms with Crippen LogP contribution in [0.25, 0.3) is 0 Å². The van der Waals surface area contributed by atoms with Crippen LogP contribution in [0.4, 0.5) is 0 Å². The van der Waals surface area contributed by atoms with Crippen LogP contribution >= 0.6 is 0 Å². The summed E-state index contributed by atoms with van der Waals surface area (Å²) < 4.78 is 0. The van der Waals surface area contributed by atoms with Crippen molar-refractivity contribution in [1.82, 2.24) is 10.2 Å². The maximum absolute atomic E-state index is 3.90. The molecule has 1 saturated heterocycles. The van der Waals surface area contributed by atoms with Crippen molar-refractivity contribution in [1.29, 1.82) is 0 Å². The van der Waals surface area contributed by atoms with Gasteiger partial charge in [0.05, 0.1) is 0 Å². The zero-order valence-electron chi connectivity index (χ0n) is 14.0. The molecule has 2 fully saturated rings. The molecule has 0 aromatic rings. The van der Waals surface area contributed by atoms with Crippen LogP contribution < -0.4 is 5.32 Å². The van der Waals surface area contributed by atoms with Crippen LogP contribution in [0, 0.1) is 11.8 Å². The van der Waals surface area contributed by atoms with Gasteiger partial charge in [-0.3, -0.25) is 4.90 Å². The summed E-state index contributed by atoms with van der Waals surface area (Å²) in [5.74, 6) is 1.92. The average molecular weight is 280 g/mol. The number of nitrogens with zero attached hydrogens (tertiary/aromatic N) is 1. The Balaban J connectivity index is 1.81. The molecule has 1 heterocycles. The molecule has 3 atom stereocenters. The van der Waals surface area contributed by atoms with Crippen molar-refractivity contribution >= 4 is 0 Å². The molecule has 0 bridgehead atoms. The fourth-order valence-electron chi connectivity index (χ4n) is 3.74. The molecule has 20 heavy (non-hydrogen) atoms. The molecule has 1 aliphatic heterocycles. The molecule has 0 spiro atoms. The van der Waals surface area contributed by atoms with E-state index in [2.05, 4.69) is 31.0 Å². The number of likely N-dealkylation sites (tertiary alicyclic amines) is 1. The van der Waals surface area contributed by atoms with E-state index in [1.54, 1.807) is 0 Å². The first kappa shape index (κ1) is 16.3. The second kappa shape index (κ2) is 8.38. The van der Waals surface area contributed by atoms with Crippen LogP contribution in [0.1, 0.15) is 72.1 Å². The summed E-state index contributed by atoms with van der Waals surface area (Å²) in [5, 5.41) is 3.90. The number of unbranched alkanes of at least 4 members (excludes halogenated alkanes) is 1. The summed E-state index contributed by atoms with van der Waals surface area (Å²) in [6.07, 6.45) is 11.3. The second-order valence-electron chi connectivity index (χ2n) is 7.36. The van der Waals surface area contributed by atoms with Crippen LogP contribution in [-0.2, 0) is 0 Å². The predicted octanol–water partition coefficient (Wildman–Crippen LogP) is 4.06. The quantitative estimate of drug-likeness (QED) is 0.721. The molecule has 3 unspecified atom stereocenters. The van der Waals surface area contributed by atoms with Gasteiger partial charge in [0.2, 0.25) is 0 Å². The minimum Gasteiger partial charge on any atom is -0.312 e. The number of nitrogens with one attached hydrogen (secondary N) is 1. The topological polar surface area (TPSA) is 15.3 Å². The lowest BCUT2D eigenvalue weighted by atomic mass is 9.84. The van der Waals surface area contributed by atoms with Gasteiger partial charge < -0.3 is 5.32 Å². The van der Waals surface area contributed by atoms with Crippen LogP contribution in [0.5, 0.6) is 0 Å². The smallest absolute Gasteiger partial charge is 0.0198 e. The van der Waals surface area contributed by atoms with Gasteiger partial charge in [0.1, 0.15) is 0 Å². The van der Waals surface area contributed by atoms with Crippen molar-refractivity contribution in [3.05, 3.63) is 0 Å². The molecule has 2 heteroatoms. The maximum Gasteiger partial charge on any atom is 0.0198 e. The van der Waals surface area contributed by atoms with Gasteiger partial charge in [0.25, 0.3) is 0 Å². The molecule has 1 N–H and O–H groups in total. The molecule has 0 aromatic carbocycles. The third-order valence-corrected chi connectivity index (χ3v) is 5.67. The Bertz CT molecular complexity index is 262. The van der Waals surface area contributed by atoms with Gasteiger partial charge in [-0.2, -0.15) is 0 Å². The van der Waals surface area contributed by atoms with E-state index in [9.17, 15) is 0 Å². The standard InChI is InChI=1S/C18H36N2/c1-4-6-8-17-11-18(19-12-16-9-7-10-16)14-20(13-17)15(3)5-2/h15-19H,4-14H2,1-3H3. The fourth-order valence-corrected chi connectivity index (χ4v) is 3.74. The van der Waals surface area contributed by atoms with Crippen LogP contribution in [0.2, 0.25) is 0 Å². The summed E-state index contributed by atoms with van der Waals surface area (Å²) in [7, 11) is 0. The number of hydrogen-bond donors (Lipinski definition) is 1. The number of piperidine rings is 1. The molecule has 0 amide bonds. The van der Waals surface area contributed by atoms with Gasteiger partial charge in [-0.25, -0.2) is 0 Å². The SMILES string of the molecule is CCCCC1CC(NCC2CCC2)CN(C(C)CC)C1. The molecular formula is C18H36N2. The Kier molecular flexibility index (Phi) is 6.83. The first-order valence-corrected chi connectivity index (χ1v) is 9.20. The van der Waals surface area contributed by atoms with E-state index >= 15 is 0 Å². The first-order chi connectivity index (χ1) is 9.72. The Hall–Kier alpha value is -0.0800. The van der Waals surface area contributed by atoms with Gasteiger partial charge in [0.15, 0.2) is 0 Å². The third-order valence-electron chi connectivity index (χ3n) is 5.67. The number of rotatable bonds is 8. The van der Waals surface area contributed by atoms with E-state index in [0.29, 0.717) is 0 Å². The normalized spacial score (nSPS) is 30.1. The molecule has 0 radical (unpaired) electrons. The zero-order chi connectivity index (χ0) is 14.4. The zero-order valence-corrected chi connectivity index (χ0v) is 14.0. The minimum atomic E-state index is 0.750. The highest BCUT2D eigenvalue weighted by Crippen LogP contribution is 2.27. The van der Waals surface area contributed by atoms with E-state index in [1.165, 1.54) is 71.0 Å². The lowest BCUT2D eigenvalue weighted by Gasteiger charge is -2.42. The average Bonchev–Trinajstić information content (AvgIpc) is 2.42. The predicted molar refractivity (Wildman–Crippen MR) is 88.1 cm³/mol. The Morgan fingerprint density at radius 1 is 1.15 bits per heavy atom. The molecule has 2 nitrogen and oxygen atoms in total. The monoisotopic (exact) mass is 280 g/mol. The summed E-state index contributed by atoms with van der Waals surface area (Å²) in [4.78, 5) is 2.75. The molecule has 1 saturated carbocycles. The van der Waals surface area contributed by atoms with Crippen LogP contribution in [-0.4, -0.2) is 36.6 Å². The van der Waals surface area contributed by atoms with Crippen molar-refractivity contribution in [3.8, 4) is 0 Å². The lowest BCUT2D eigenvalue weighted by molar-refractivity contribution is 0.0937. The molecular weight excluding hydrogens is 244 g/mol. The van der Waals surface area contributed by atoms with E-state index in [1.807, 2.05) is 0 Å². The van der Waals surface area contributed by atoms with Gasteiger partial charge >= 0.3 is 0 Å². The molecule has 2 aliphatic rings. The second-order valence-corrected chi connectivity index (χ2v) is 7.36. The van der Waals surface area contributed by atoms with E-state index in [-0.39, 0.29) is 0 Å². The minimum absolute atomic E-state index is 0.750. The lowest BCUT2D eigenvalue weighted by Crippen LogP contribution is -2.52. The van der Waals surface area contributed by atoms with E-state index in [0.717, 1.165) is 23.9 Å². The largest absolute Gasteiger partial charge is 0.312 e. The van der Waals surface area contributed by atoms with E-state index in [4.69, 9.17) is 0 Å². The Labute approximate surface area is 126 Å². The Morgan fingerprint density at radius 2 is 1.95 bits per heavy atom. The van der Waals surface area contributed by atoms with Crippen molar-refractivity contribution in [3.63, 3.8) is 0 Å². The van der Waals surface area contributed by atoms with Gasteiger partial charge in [0, 0.05) is 25.2 Å². The third kappa shape index (κ3) is 4.73. The highest BCUT2D eigenvalue weighted by atomic mass is 15.2. The van der Waals surface area contributed by atoms with Crippen molar-refractivity contribution in [2.75, 3.05) is 19.6 Å². The fraction of sp³-hybridized carbons (Fsp3) is 1.00. The van der Waals surface area contributed by atoms with Gasteiger partial charge in [-0.15, -0.1) is 0 Å². The molecule has 1 aliphatic carbocycles. The highest BCUT2D eigenvalue weighted by Gasteiger charge is 2.29. The summed E-state index contributed by atoms with van der Waals surface area (Å²) in [5.41, 5.74) is 0. The first-order valence-electron chi connectivity index (χ1n) is 9.20. The summed E-state index contributed by atoms with van der Waals surface area (Å²) >= 11 is 0. The highest BCUT2D eigenvalue weighted by molar-refractivity contribution is 4.86. The maximum atomic E-state index is 3.90. The van der Waals surface area contributed by atoms with Crippen LogP contribution in [0.3, 0.4) is 0 Å². The Morgan fingerprint density at radius 3 is 2.55 bits per heavy atom. The number of hydrogen-bond acceptors (Lipinski definition) is 2. The van der Waals surface area contributed by atoms with Crippen LogP contribution in [0.15, 0.2) is 0 Å². The van der Waals surface area contributed by atoms with Gasteiger partial charge in [-0.1, -0.05) is 33.1 Å².